The van der Waals surface area contributed by atoms with Crippen molar-refractivity contribution >= 4 is 11.9 Å². The molecule has 16 heavy (non-hydrogen) atoms. The van der Waals surface area contributed by atoms with Gasteiger partial charge in [0.05, 0.1) is 5.92 Å². The van der Waals surface area contributed by atoms with Crippen LogP contribution in [0.2, 0.25) is 0 Å². The molecule has 0 saturated carbocycles. The van der Waals surface area contributed by atoms with Gasteiger partial charge in [-0.25, -0.2) is 0 Å². The fourth-order valence-corrected chi connectivity index (χ4v) is 1.12. The van der Waals surface area contributed by atoms with Crippen LogP contribution in [0.15, 0.2) is 0 Å². The van der Waals surface area contributed by atoms with Gasteiger partial charge in [0.15, 0.2) is 0 Å². The molecular weight excluding hydrogens is 210 g/mol. The molecule has 0 spiro atoms. The molecule has 1 amide bonds. The van der Waals surface area contributed by atoms with Gasteiger partial charge in [-0.2, -0.15) is 0 Å². The molecule has 0 radical (unpaired) electrons. The number of hydrogen-bond acceptors (Lipinski definition) is 3. The van der Waals surface area contributed by atoms with E-state index < -0.39 is 11.9 Å². The van der Waals surface area contributed by atoms with Gasteiger partial charge in [0, 0.05) is 26.2 Å². The Kier molecular flexibility index (Phi) is 8.52. The first-order valence-corrected chi connectivity index (χ1v) is 5.65. The van der Waals surface area contributed by atoms with Crippen LogP contribution in [0.4, 0.5) is 0 Å². The lowest BCUT2D eigenvalue weighted by Gasteiger charge is -2.07. The maximum Gasteiger partial charge on any atom is 0.306 e. The highest BCUT2D eigenvalue weighted by atomic mass is 16.5. The molecule has 2 N–H and O–H groups in total. The van der Waals surface area contributed by atoms with Gasteiger partial charge in [0.25, 0.3) is 0 Å². The van der Waals surface area contributed by atoms with Crippen molar-refractivity contribution < 1.29 is 19.4 Å². The zero-order valence-electron chi connectivity index (χ0n) is 9.99. The Morgan fingerprint density at radius 1 is 1.44 bits per heavy atom. The van der Waals surface area contributed by atoms with E-state index >= 15 is 0 Å². The predicted octanol–water partition coefficient (Wildman–Crippen LogP) is 1.03. The molecule has 94 valence electrons. The summed E-state index contributed by atoms with van der Waals surface area (Å²) in [6.07, 6.45) is 1.60. The average Bonchev–Trinajstić information content (AvgIpc) is 2.24. The molecule has 0 aliphatic heterocycles. The summed E-state index contributed by atoms with van der Waals surface area (Å²) in [4.78, 5) is 21.7. The van der Waals surface area contributed by atoms with Crippen LogP contribution in [-0.2, 0) is 14.3 Å². The van der Waals surface area contributed by atoms with Gasteiger partial charge >= 0.3 is 5.97 Å². The van der Waals surface area contributed by atoms with E-state index in [1.807, 2.05) is 6.92 Å². The summed E-state index contributed by atoms with van der Waals surface area (Å²) in [5.41, 5.74) is 0. The lowest BCUT2D eigenvalue weighted by atomic mass is 10.1. The highest BCUT2D eigenvalue weighted by Crippen LogP contribution is 1.99. The van der Waals surface area contributed by atoms with E-state index in [-0.39, 0.29) is 5.91 Å². The third-order valence-electron chi connectivity index (χ3n) is 2.22. The van der Waals surface area contributed by atoms with Crippen molar-refractivity contribution in [2.75, 3.05) is 19.8 Å². The van der Waals surface area contributed by atoms with E-state index in [9.17, 15) is 9.59 Å². The number of nitrogens with one attached hydrogen (secondary N) is 1. The molecule has 5 heteroatoms. The number of aliphatic carboxylic acids is 1. The Bertz CT molecular complexity index is 218. The fourth-order valence-electron chi connectivity index (χ4n) is 1.12. The highest BCUT2D eigenvalue weighted by Gasteiger charge is 2.10. The lowest BCUT2D eigenvalue weighted by molar-refractivity contribution is -0.141. The Morgan fingerprint density at radius 2 is 2.12 bits per heavy atom. The number of carbonyl (C=O) groups is 2. The largest absolute Gasteiger partial charge is 0.481 e. The van der Waals surface area contributed by atoms with Gasteiger partial charge in [-0.3, -0.25) is 9.59 Å². The topological polar surface area (TPSA) is 75.6 Å². The molecule has 0 bridgehead atoms. The molecule has 0 aliphatic carbocycles. The molecule has 0 aromatic heterocycles. The smallest absolute Gasteiger partial charge is 0.306 e. The SMILES string of the molecule is CCOCCCC(=O)NCCC(C)C(=O)O. The van der Waals surface area contributed by atoms with E-state index in [2.05, 4.69) is 5.32 Å². The number of amides is 1. The van der Waals surface area contributed by atoms with Gasteiger partial charge in [0.2, 0.25) is 5.91 Å². The molecular formula is C11H21NO4. The second-order valence-corrected chi connectivity index (χ2v) is 3.68. The zero-order chi connectivity index (χ0) is 12.4. The molecule has 0 rings (SSSR count). The first kappa shape index (κ1) is 14.9. The molecule has 0 fully saturated rings. The number of rotatable bonds is 9. The second kappa shape index (κ2) is 9.15. The van der Waals surface area contributed by atoms with Gasteiger partial charge in [-0.15, -0.1) is 0 Å². The van der Waals surface area contributed by atoms with Gasteiger partial charge in [-0.05, 0) is 19.8 Å². The molecule has 0 aliphatic rings. The highest BCUT2D eigenvalue weighted by molar-refractivity contribution is 5.76. The Morgan fingerprint density at radius 3 is 2.69 bits per heavy atom. The van der Waals surface area contributed by atoms with Crippen molar-refractivity contribution in [1.29, 1.82) is 0 Å². The number of carboxylic acid groups (broad SMARTS) is 1. The average molecular weight is 231 g/mol. The van der Waals surface area contributed by atoms with Crippen molar-refractivity contribution in [3.8, 4) is 0 Å². The quantitative estimate of drug-likeness (QED) is 0.581. The third kappa shape index (κ3) is 8.23. The van der Waals surface area contributed by atoms with E-state index in [4.69, 9.17) is 9.84 Å². The summed E-state index contributed by atoms with van der Waals surface area (Å²) in [6.45, 7) is 5.21. The minimum atomic E-state index is -0.828. The van der Waals surface area contributed by atoms with Crippen LogP contribution in [0.1, 0.15) is 33.1 Å². The number of ether oxygens (including phenoxy) is 1. The van der Waals surface area contributed by atoms with Gasteiger partial charge in [-0.1, -0.05) is 6.92 Å². The lowest BCUT2D eigenvalue weighted by Crippen LogP contribution is -2.27. The second-order valence-electron chi connectivity index (χ2n) is 3.68. The summed E-state index contributed by atoms with van der Waals surface area (Å²) < 4.78 is 5.10. The Hall–Kier alpha value is -1.10. The van der Waals surface area contributed by atoms with Crippen LogP contribution in [0.3, 0.4) is 0 Å². The Balaban J connectivity index is 3.40. The summed E-state index contributed by atoms with van der Waals surface area (Å²) in [7, 11) is 0. The first-order valence-electron chi connectivity index (χ1n) is 5.65. The summed E-state index contributed by atoms with van der Waals surface area (Å²) in [5, 5.41) is 11.3. The van der Waals surface area contributed by atoms with Crippen molar-refractivity contribution in [2.24, 2.45) is 5.92 Å². The zero-order valence-corrected chi connectivity index (χ0v) is 9.99. The molecule has 0 aromatic rings. The fraction of sp³-hybridized carbons (Fsp3) is 0.818. The van der Waals surface area contributed by atoms with Crippen molar-refractivity contribution in [1.82, 2.24) is 5.32 Å². The van der Waals surface area contributed by atoms with Crippen LogP contribution in [0, 0.1) is 5.92 Å². The molecule has 1 unspecified atom stereocenters. The van der Waals surface area contributed by atoms with Crippen molar-refractivity contribution in [2.45, 2.75) is 33.1 Å². The van der Waals surface area contributed by atoms with E-state index in [0.717, 1.165) is 0 Å². The molecule has 0 heterocycles. The molecule has 0 aromatic carbocycles. The molecule has 0 saturated heterocycles. The van der Waals surface area contributed by atoms with Crippen LogP contribution in [-0.4, -0.2) is 36.7 Å². The first-order chi connectivity index (χ1) is 7.57. The number of carboxylic acids is 1. The van der Waals surface area contributed by atoms with Crippen molar-refractivity contribution in [3.05, 3.63) is 0 Å². The third-order valence-corrected chi connectivity index (χ3v) is 2.22. The van der Waals surface area contributed by atoms with E-state index in [1.54, 1.807) is 6.92 Å². The maximum atomic E-state index is 11.2. The summed E-state index contributed by atoms with van der Waals surface area (Å²) in [5.74, 6) is -1.29. The number of carbonyl (C=O) groups excluding carboxylic acids is 1. The summed E-state index contributed by atoms with van der Waals surface area (Å²) >= 11 is 0. The Labute approximate surface area is 96.2 Å². The van der Waals surface area contributed by atoms with Crippen LogP contribution < -0.4 is 5.32 Å². The summed E-state index contributed by atoms with van der Waals surface area (Å²) in [6, 6.07) is 0. The van der Waals surface area contributed by atoms with E-state index in [0.29, 0.717) is 39.0 Å². The standard InChI is InChI=1S/C11H21NO4/c1-3-16-8-4-5-10(13)12-7-6-9(2)11(14)15/h9H,3-8H2,1-2H3,(H,12,13)(H,14,15). The molecule has 1 atom stereocenters. The van der Waals surface area contributed by atoms with Crippen LogP contribution in [0.5, 0.6) is 0 Å². The van der Waals surface area contributed by atoms with Crippen molar-refractivity contribution in [3.63, 3.8) is 0 Å². The minimum Gasteiger partial charge on any atom is -0.481 e. The molecule has 5 nitrogen and oxygen atoms in total. The maximum absolute atomic E-state index is 11.2. The minimum absolute atomic E-state index is 0.0442. The van der Waals surface area contributed by atoms with Crippen LogP contribution in [0.25, 0.3) is 0 Å². The predicted molar refractivity (Wildman–Crippen MR) is 60.2 cm³/mol. The van der Waals surface area contributed by atoms with Crippen LogP contribution >= 0.6 is 0 Å². The normalized spacial score (nSPS) is 12.1. The number of hydrogen-bond donors (Lipinski definition) is 2. The van der Waals surface area contributed by atoms with Gasteiger partial charge in [0.1, 0.15) is 0 Å². The van der Waals surface area contributed by atoms with Gasteiger partial charge < -0.3 is 15.2 Å². The monoisotopic (exact) mass is 231 g/mol. The van der Waals surface area contributed by atoms with E-state index in [1.165, 1.54) is 0 Å².